The van der Waals surface area contributed by atoms with Crippen molar-refractivity contribution < 1.29 is 9.90 Å². The maximum Gasteiger partial charge on any atom is 0.241 e. The van der Waals surface area contributed by atoms with Crippen molar-refractivity contribution in [1.82, 2.24) is 4.90 Å². The number of nitrogens with one attached hydrogen (secondary N) is 1. The van der Waals surface area contributed by atoms with Crippen LogP contribution in [-0.2, 0) is 4.79 Å². The summed E-state index contributed by atoms with van der Waals surface area (Å²) in [6, 6.07) is 4.07. The van der Waals surface area contributed by atoms with Crippen molar-refractivity contribution in [3.8, 4) is 0 Å². The summed E-state index contributed by atoms with van der Waals surface area (Å²) < 4.78 is 0. The fourth-order valence-electron chi connectivity index (χ4n) is 3.27. The molecular weight excluding hydrogens is 264 g/mol. The van der Waals surface area contributed by atoms with Crippen molar-refractivity contribution in [2.45, 2.75) is 46.1 Å². The highest BCUT2D eigenvalue weighted by molar-refractivity contribution is 5.96. The molecule has 4 heteroatoms. The molecule has 0 bridgehead atoms. The molecule has 1 aromatic carbocycles. The summed E-state index contributed by atoms with van der Waals surface area (Å²) in [5.41, 5.74) is 4.35. The van der Waals surface area contributed by atoms with Gasteiger partial charge in [-0.25, -0.2) is 0 Å². The Balaban J connectivity index is 2.13. The summed E-state index contributed by atoms with van der Waals surface area (Å²) in [6.07, 6.45) is 3.05. The Morgan fingerprint density at radius 3 is 2.57 bits per heavy atom. The number of aliphatic hydroxyl groups excluding tert-OH is 1. The summed E-state index contributed by atoms with van der Waals surface area (Å²) in [6.45, 7) is 7.69. The normalized spacial score (nSPS) is 19.5. The maximum absolute atomic E-state index is 12.6. The van der Waals surface area contributed by atoms with Crippen LogP contribution in [0.25, 0.3) is 0 Å². The molecule has 0 saturated carbocycles. The molecule has 4 nitrogen and oxygen atoms in total. The zero-order chi connectivity index (χ0) is 15.4. The van der Waals surface area contributed by atoms with Gasteiger partial charge in [-0.15, -0.1) is 0 Å². The molecule has 1 amide bonds. The fourth-order valence-corrected chi connectivity index (χ4v) is 3.27. The van der Waals surface area contributed by atoms with Gasteiger partial charge in [-0.1, -0.05) is 24.1 Å². The summed E-state index contributed by atoms with van der Waals surface area (Å²) >= 11 is 0. The lowest BCUT2D eigenvalue weighted by Gasteiger charge is -2.34. The van der Waals surface area contributed by atoms with Gasteiger partial charge in [-0.2, -0.15) is 0 Å². The van der Waals surface area contributed by atoms with E-state index in [0.717, 1.165) is 42.6 Å². The van der Waals surface area contributed by atoms with E-state index in [4.69, 9.17) is 5.11 Å². The van der Waals surface area contributed by atoms with E-state index in [1.807, 2.05) is 13.8 Å². The summed E-state index contributed by atoms with van der Waals surface area (Å²) in [5, 5.41) is 12.3. The van der Waals surface area contributed by atoms with Gasteiger partial charge in [0.1, 0.15) is 0 Å². The van der Waals surface area contributed by atoms with Crippen molar-refractivity contribution in [2.75, 3.05) is 25.0 Å². The van der Waals surface area contributed by atoms with E-state index in [0.29, 0.717) is 6.54 Å². The number of carbonyl (C=O) groups excluding carboxylic acids is 1. The predicted octanol–water partition coefficient (Wildman–Crippen LogP) is 2.40. The first-order valence-electron chi connectivity index (χ1n) is 7.76. The van der Waals surface area contributed by atoms with Gasteiger partial charge in [0.15, 0.2) is 0 Å². The molecule has 2 N–H and O–H groups in total. The first-order chi connectivity index (χ1) is 10.0. The number of nitrogens with zero attached hydrogens (tertiary/aromatic N) is 1. The number of amides is 1. The van der Waals surface area contributed by atoms with E-state index < -0.39 is 0 Å². The molecule has 1 fully saturated rings. The number of hydrogen-bond acceptors (Lipinski definition) is 3. The monoisotopic (exact) mass is 290 g/mol. The minimum Gasteiger partial charge on any atom is -0.395 e. The van der Waals surface area contributed by atoms with E-state index in [9.17, 15) is 4.79 Å². The minimum atomic E-state index is -0.119. The van der Waals surface area contributed by atoms with Crippen LogP contribution in [0.1, 0.15) is 36.0 Å². The quantitative estimate of drug-likeness (QED) is 0.895. The minimum absolute atomic E-state index is 0.0539. The standard InChI is InChI=1S/C17H26N2O2/c1-12-10-13(2)16(14(3)11-12)18-17(21)15-6-4-5-7-19(15)8-9-20/h10-11,15,20H,4-9H2,1-3H3,(H,18,21). The summed E-state index contributed by atoms with van der Waals surface area (Å²) in [5.74, 6) is 0.0539. The molecule has 1 unspecified atom stereocenters. The Labute approximate surface area is 127 Å². The molecule has 0 aromatic heterocycles. The molecule has 1 atom stereocenters. The second-order valence-electron chi connectivity index (χ2n) is 6.03. The predicted molar refractivity (Wildman–Crippen MR) is 85.6 cm³/mol. The Kier molecular flexibility index (Phi) is 5.37. The van der Waals surface area contributed by atoms with E-state index in [1.54, 1.807) is 0 Å². The fraction of sp³-hybridized carbons (Fsp3) is 0.588. The second kappa shape index (κ2) is 7.05. The topological polar surface area (TPSA) is 52.6 Å². The average Bonchev–Trinajstić information content (AvgIpc) is 2.43. The molecule has 2 rings (SSSR count). The molecule has 1 aliphatic rings. The van der Waals surface area contributed by atoms with Crippen LogP contribution in [-0.4, -0.2) is 41.7 Å². The number of likely N-dealkylation sites (tertiary alicyclic amines) is 1. The Morgan fingerprint density at radius 1 is 1.29 bits per heavy atom. The highest BCUT2D eigenvalue weighted by Gasteiger charge is 2.28. The number of hydrogen-bond donors (Lipinski definition) is 2. The number of carbonyl (C=O) groups is 1. The largest absolute Gasteiger partial charge is 0.395 e. The van der Waals surface area contributed by atoms with Gasteiger partial charge in [0.05, 0.1) is 12.6 Å². The van der Waals surface area contributed by atoms with Crippen LogP contribution in [0.5, 0.6) is 0 Å². The molecule has 0 radical (unpaired) electrons. The lowest BCUT2D eigenvalue weighted by atomic mass is 10.00. The molecular formula is C17H26N2O2. The third-order valence-electron chi connectivity index (χ3n) is 4.23. The highest BCUT2D eigenvalue weighted by atomic mass is 16.3. The maximum atomic E-state index is 12.6. The number of rotatable bonds is 4. The molecule has 0 spiro atoms. The van der Waals surface area contributed by atoms with Crippen molar-refractivity contribution in [1.29, 1.82) is 0 Å². The van der Waals surface area contributed by atoms with Gasteiger partial charge in [0, 0.05) is 12.2 Å². The van der Waals surface area contributed by atoms with Crippen LogP contribution in [0.15, 0.2) is 12.1 Å². The first kappa shape index (κ1) is 16.0. The van der Waals surface area contributed by atoms with Crippen molar-refractivity contribution in [2.24, 2.45) is 0 Å². The number of benzene rings is 1. The highest BCUT2D eigenvalue weighted by Crippen LogP contribution is 2.24. The van der Waals surface area contributed by atoms with E-state index in [-0.39, 0.29) is 18.6 Å². The van der Waals surface area contributed by atoms with Crippen LogP contribution in [0.2, 0.25) is 0 Å². The van der Waals surface area contributed by atoms with Crippen LogP contribution in [0, 0.1) is 20.8 Å². The molecule has 1 heterocycles. The molecule has 116 valence electrons. The van der Waals surface area contributed by atoms with E-state index in [1.165, 1.54) is 5.56 Å². The SMILES string of the molecule is Cc1cc(C)c(NC(=O)C2CCCCN2CCO)c(C)c1. The lowest BCUT2D eigenvalue weighted by molar-refractivity contribution is -0.122. The Hall–Kier alpha value is -1.39. The van der Waals surface area contributed by atoms with Gasteiger partial charge in [-0.05, 0) is 51.3 Å². The van der Waals surface area contributed by atoms with Crippen LogP contribution < -0.4 is 5.32 Å². The van der Waals surface area contributed by atoms with Gasteiger partial charge >= 0.3 is 0 Å². The molecule has 1 aromatic rings. The zero-order valence-corrected chi connectivity index (χ0v) is 13.3. The summed E-state index contributed by atoms with van der Waals surface area (Å²) in [4.78, 5) is 14.7. The molecule has 1 aliphatic heterocycles. The third-order valence-corrected chi connectivity index (χ3v) is 4.23. The van der Waals surface area contributed by atoms with Gasteiger partial charge in [-0.3, -0.25) is 9.69 Å². The first-order valence-corrected chi connectivity index (χ1v) is 7.76. The van der Waals surface area contributed by atoms with Crippen molar-refractivity contribution >= 4 is 11.6 Å². The van der Waals surface area contributed by atoms with Gasteiger partial charge < -0.3 is 10.4 Å². The average molecular weight is 290 g/mol. The smallest absolute Gasteiger partial charge is 0.241 e. The number of aliphatic hydroxyl groups is 1. The van der Waals surface area contributed by atoms with Gasteiger partial charge in [0.25, 0.3) is 0 Å². The third kappa shape index (κ3) is 3.83. The zero-order valence-electron chi connectivity index (χ0n) is 13.3. The summed E-state index contributed by atoms with van der Waals surface area (Å²) in [7, 11) is 0. The van der Waals surface area contributed by atoms with Crippen LogP contribution in [0.4, 0.5) is 5.69 Å². The van der Waals surface area contributed by atoms with Crippen LogP contribution >= 0.6 is 0 Å². The second-order valence-corrected chi connectivity index (χ2v) is 6.03. The van der Waals surface area contributed by atoms with Gasteiger partial charge in [0.2, 0.25) is 5.91 Å². The molecule has 21 heavy (non-hydrogen) atoms. The number of anilines is 1. The van der Waals surface area contributed by atoms with E-state index in [2.05, 4.69) is 29.3 Å². The Morgan fingerprint density at radius 2 is 1.95 bits per heavy atom. The van der Waals surface area contributed by atoms with Crippen LogP contribution in [0.3, 0.4) is 0 Å². The van der Waals surface area contributed by atoms with E-state index >= 15 is 0 Å². The van der Waals surface area contributed by atoms with Crippen molar-refractivity contribution in [3.63, 3.8) is 0 Å². The Bertz CT molecular complexity index is 489. The molecule has 0 aliphatic carbocycles. The number of piperidine rings is 1. The lowest BCUT2D eigenvalue weighted by Crippen LogP contribution is -2.48. The van der Waals surface area contributed by atoms with Crippen molar-refractivity contribution in [3.05, 3.63) is 28.8 Å². The number of β-amino-alcohol motifs (C(OH)–C–C–N with tert-alkyl or cyclic N) is 1. The molecule has 1 saturated heterocycles. The number of aryl methyl sites for hydroxylation is 3.